The highest BCUT2D eigenvalue weighted by Crippen LogP contribution is 2.42. The fourth-order valence-corrected chi connectivity index (χ4v) is 4.01. The minimum atomic E-state index is -0.130. The van der Waals surface area contributed by atoms with Crippen LogP contribution in [0.1, 0.15) is 50.8 Å². The summed E-state index contributed by atoms with van der Waals surface area (Å²) in [4.78, 5) is 10.5. The summed E-state index contributed by atoms with van der Waals surface area (Å²) in [6, 6.07) is 0. The van der Waals surface area contributed by atoms with Gasteiger partial charge in [-0.15, -0.1) is 5.10 Å². The summed E-state index contributed by atoms with van der Waals surface area (Å²) >= 11 is 0. The summed E-state index contributed by atoms with van der Waals surface area (Å²) in [7, 11) is 0. The van der Waals surface area contributed by atoms with Crippen molar-refractivity contribution in [3.63, 3.8) is 0 Å². The number of H-pyrrole nitrogens is 1. The molecule has 0 bridgehead atoms. The standard InChI is InChI=1S/C16H25N7O/c1-15(2,3)23-13(19-20-21-23)10-22-7-4-12-14(18-11-17-12)16(22)5-8-24-9-6-16/h11H,4-10H2,1-3H3,(H,17,18). The number of hydrogen-bond donors (Lipinski definition) is 1. The van der Waals surface area contributed by atoms with Gasteiger partial charge in [0.15, 0.2) is 5.82 Å². The highest BCUT2D eigenvalue weighted by Gasteiger charge is 2.46. The van der Waals surface area contributed by atoms with Crippen LogP contribution in [-0.2, 0) is 28.8 Å². The van der Waals surface area contributed by atoms with E-state index in [4.69, 9.17) is 4.74 Å². The van der Waals surface area contributed by atoms with Gasteiger partial charge in [0, 0.05) is 31.9 Å². The van der Waals surface area contributed by atoms with Crippen molar-refractivity contribution in [1.82, 2.24) is 35.1 Å². The van der Waals surface area contributed by atoms with Crippen molar-refractivity contribution in [2.24, 2.45) is 0 Å². The first-order valence-electron chi connectivity index (χ1n) is 8.64. The molecule has 2 aromatic rings. The third kappa shape index (κ3) is 2.44. The Morgan fingerprint density at radius 1 is 1.29 bits per heavy atom. The smallest absolute Gasteiger partial charge is 0.165 e. The summed E-state index contributed by atoms with van der Waals surface area (Å²) in [6.07, 6.45) is 4.73. The molecule has 0 saturated carbocycles. The fourth-order valence-electron chi connectivity index (χ4n) is 4.01. The third-order valence-corrected chi connectivity index (χ3v) is 5.22. The normalized spacial score (nSPS) is 21.1. The second-order valence-electron chi connectivity index (χ2n) is 7.72. The van der Waals surface area contributed by atoms with E-state index in [1.54, 1.807) is 0 Å². The first kappa shape index (κ1) is 15.7. The lowest BCUT2D eigenvalue weighted by Gasteiger charge is -2.48. The molecule has 4 rings (SSSR count). The van der Waals surface area contributed by atoms with Crippen LogP contribution in [0.2, 0.25) is 0 Å². The fraction of sp³-hybridized carbons (Fsp3) is 0.750. The molecule has 2 aliphatic rings. The van der Waals surface area contributed by atoms with Gasteiger partial charge >= 0.3 is 0 Å². The monoisotopic (exact) mass is 331 g/mol. The molecule has 0 atom stereocenters. The molecule has 0 unspecified atom stereocenters. The number of fused-ring (bicyclic) bond motifs is 2. The summed E-state index contributed by atoms with van der Waals surface area (Å²) in [5, 5.41) is 12.4. The lowest BCUT2D eigenvalue weighted by molar-refractivity contribution is -0.0469. The van der Waals surface area contributed by atoms with E-state index in [-0.39, 0.29) is 11.1 Å². The Morgan fingerprint density at radius 3 is 2.83 bits per heavy atom. The van der Waals surface area contributed by atoms with E-state index in [2.05, 4.69) is 51.2 Å². The van der Waals surface area contributed by atoms with Gasteiger partial charge in [-0.05, 0) is 44.0 Å². The number of nitrogens with zero attached hydrogens (tertiary/aromatic N) is 6. The van der Waals surface area contributed by atoms with Crippen LogP contribution in [0.5, 0.6) is 0 Å². The maximum Gasteiger partial charge on any atom is 0.165 e. The Kier molecular flexibility index (Phi) is 3.69. The number of nitrogens with one attached hydrogen (secondary N) is 1. The van der Waals surface area contributed by atoms with E-state index in [1.165, 1.54) is 11.4 Å². The number of rotatable bonds is 2. The van der Waals surface area contributed by atoms with E-state index in [0.29, 0.717) is 0 Å². The average Bonchev–Trinajstić information content (AvgIpc) is 3.20. The van der Waals surface area contributed by atoms with Crippen LogP contribution in [0.15, 0.2) is 6.33 Å². The Balaban J connectivity index is 1.69. The van der Waals surface area contributed by atoms with Gasteiger partial charge in [0.2, 0.25) is 0 Å². The van der Waals surface area contributed by atoms with E-state index >= 15 is 0 Å². The molecule has 2 aromatic heterocycles. The molecule has 1 fully saturated rings. The van der Waals surface area contributed by atoms with Crippen molar-refractivity contribution >= 4 is 0 Å². The molecule has 0 amide bonds. The number of hydrogen-bond acceptors (Lipinski definition) is 6. The third-order valence-electron chi connectivity index (χ3n) is 5.22. The van der Waals surface area contributed by atoms with Gasteiger partial charge in [-0.2, -0.15) is 0 Å². The maximum absolute atomic E-state index is 5.64. The van der Waals surface area contributed by atoms with Crippen LogP contribution in [0.25, 0.3) is 0 Å². The van der Waals surface area contributed by atoms with Crippen molar-refractivity contribution in [2.45, 2.75) is 57.7 Å². The molecule has 8 nitrogen and oxygen atoms in total. The zero-order valence-electron chi connectivity index (χ0n) is 14.6. The number of tetrazole rings is 1. The number of aromatic nitrogens is 6. The predicted molar refractivity (Wildman–Crippen MR) is 87.2 cm³/mol. The van der Waals surface area contributed by atoms with Crippen LogP contribution >= 0.6 is 0 Å². The summed E-state index contributed by atoms with van der Waals surface area (Å²) < 4.78 is 7.57. The zero-order chi connectivity index (χ0) is 16.8. The van der Waals surface area contributed by atoms with Gasteiger partial charge in [-0.3, -0.25) is 4.90 Å². The van der Waals surface area contributed by atoms with Crippen molar-refractivity contribution in [3.05, 3.63) is 23.5 Å². The predicted octanol–water partition coefficient (Wildman–Crippen LogP) is 1.22. The number of imidazole rings is 1. The van der Waals surface area contributed by atoms with Gasteiger partial charge in [-0.25, -0.2) is 9.67 Å². The second kappa shape index (κ2) is 5.63. The van der Waals surface area contributed by atoms with Gasteiger partial charge < -0.3 is 9.72 Å². The lowest BCUT2D eigenvalue weighted by Crippen LogP contribution is -2.53. The van der Waals surface area contributed by atoms with Crippen molar-refractivity contribution in [3.8, 4) is 0 Å². The largest absolute Gasteiger partial charge is 0.381 e. The molecule has 0 aromatic carbocycles. The molecular weight excluding hydrogens is 306 g/mol. The Hall–Kier alpha value is -1.80. The summed E-state index contributed by atoms with van der Waals surface area (Å²) in [6.45, 7) is 9.63. The Labute approximate surface area is 141 Å². The first-order valence-corrected chi connectivity index (χ1v) is 8.64. The average molecular weight is 331 g/mol. The number of aromatic amines is 1. The molecule has 1 spiro atoms. The zero-order valence-corrected chi connectivity index (χ0v) is 14.6. The van der Waals surface area contributed by atoms with E-state index in [1.807, 2.05) is 11.0 Å². The van der Waals surface area contributed by atoms with Crippen molar-refractivity contribution in [2.75, 3.05) is 19.8 Å². The molecule has 1 saturated heterocycles. The highest BCUT2D eigenvalue weighted by molar-refractivity contribution is 5.26. The molecule has 1 N–H and O–H groups in total. The Bertz CT molecular complexity index is 708. The lowest BCUT2D eigenvalue weighted by atomic mass is 9.80. The van der Waals surface area contributed by atoms with Crippen molar-refractivity contribution < 1.29 is 4.74 Å². The quantitative estimate of drug-likeness (QED) is 0.890. The molecule has 2 aliphatic heterocycles. The number of ether oxygens (including phenoxy) is 1. The highest BCUT2D eigenvalue weighted by atomic mass is 16.5. The van der Waals surface area contributed by atoms with Crippen LogP contribution in [0, 0.1) is 0 Å². The van der Waals surface area contributed by atoms with E-state index in [0.717, 1.165) is 51.4 Å². The Morgan fingerprint density at radius 2 is 2.08 bits per heavy atom. The summed E-state index contributed by atoms with van der Waals surface area (Å²) in [5.41, 5.74) is 2.26. The topological polar surface area (TPSA) is 84.8 Å². The first-order chi connectivity index (χ1) is 11.5. The minimum Gasteiger partial charge on any atom is -0.381 e. The molecule has 4 heterocycles. The van der Waals surface area contributed by atoms with Crippen molar-refractivity contribution in [1.29, 1.82) is 0 Å². The maximum atomic E-state index is 5.64. The van der Waals surface area contributed by atoms with Gasteiger partial charge in [-0.1, -0.05) is 0 Å². The van der Waals surface area contributed by atoms with E-state index < -0.39 is 0 Å². The van der Waals surface area contributed by atoms with Crippen LogP contribution in [0.3, 0.4) is 0 Å². The van der Waals surface area contributed by atoms with Gasteiger partial charge in [0.25, 0.3) is 0 Å². The molecule has 8 heteroatoms. The molecule has 0 radical (unpaired) electrons. The SMILES string of the molecule is CC(C)(C)n1nnnc1CN1CCc2[nH]cnc2C12CCOCC2. The van der Waals surface area contributed by atoms with Gasteiger partial charge in [0.05, 0.1) is 29.6 Å². The van der Waals surface area contributed by atoms with E-state index in [9.17, 15) is 0 Å². The molecular formula is C16H25N7O. The minimum absolute atomic E-state index is 0.0690. The van der Waals surface area contributed by atoms with Crippen LogP contribution in [-0.4, -0.2) is 54.8 Å². The summed E-state index contributed by atoms with van der Waals surface area (Å²) in [5.74, 6) is 0.910. The molecule has 130 valence electrons. The van der Waals surface area contributed by atoms with Crippen LogP contribution in [0.4, 0.5) is 0 Å². The molecule has 0 aliphatic carbocycles. The second-order valence-corrected chi connectivity index (χ2v) is 7.72. The van der Waals surface area contributed by atoms with Gasteiger partial charge in [0.1, 0.15) is 0 Å². The van der Waals surface area contributed by atoms with Crippen LogP contribution < -0.4 is 0 Å². The molecule has 24 heavy (non-hydrogen) atoms.